The van der Waals surface area contributed by atoms with Crippen molar-refractivity contribution in [1.82, 2.24) is 10.2 Å². The lowest BCUT2D eigenvalue weighted by Gasteiger charge is -2.31. The number of anilines is 1. The van der Waals surface area contributed by atoms with Crippen LogP contribution in [0.4, 0.5) is 5.69 Å². The van der Waals surface area contributed by atoms with E-state index in [1.807, 2.05) is 25.2 Å². The highest BCUT2D eigenvalue weighted by Gasteiger charge is 2.39. The van der Waals surface area contributed by atoms with Crippen molar-refractivity contribution >= 4 is 11.6 Å². The molecule has 0 saturated carbocycles. The highest BCUT2D eigenvalue weighted by atomic mass is 16.5. The summed E-state index contributed by atoms with van der Waals surface area (Å²) in [5, 5.41) is 3.32. The normalized spacial score (nSPS) is 23.6. The second-order valence-electron chi connectivity index (χ2n) is 5.01. The van der Waals surface area contributed by atoms with Crippen LogP contribution in [0.15, 0.2) is 18.2 Å². The van der Waals surface area contributed by atoms with Gasteiger partial charge in [0, 0.05) is 44.9 Å². The van der Waals surface area contributed by atoms with Gasteiger partial charge in [-0.05, 0) is 6.07 Å². The van der Waals surface area contributed by atoms with Crippen LogP contribution in [-0.4, -0.2) is 51.1 Å². The number of piperazine rings is 1. The Bertz CT molecular complexity index is 497. The van der Waals surface area contributed by atoms with Gasteiger partial charge in [0.15, 0.2) is 0 Å². The fraction of sp³-hybridized carbons (Fsp3) is 0.500. The van der Waals surface area contributed by atoms with Crippen molar-refractivity contribution in [3.05, 3.63) is 23.8 Å². The Morgan fingerprint density at radius 2 is 2.05 bits per heavy atom. The number of rotatable bonds is 2. The number of hydrogen-bond donors (Lipinski definition) is 1. The number of likely N-dealkylation sites (N-methyl/N-ethyl adjacent to an activating group) is 1. The van der Waals surface area contributed by atoms with E-state index in [-0.39, 0.29) is 11.9 Å². The quantitative estimate of drug-likeness (QED) is 0.847. The van der Waals surface area contributed by atoms with Crippen molar-refractivity contribution in [3.8, 4) is 5.75 Å². The van der Waals surface area contributed by atoms with Gasteiger partial charge in [-0.3, -0.25) is 9.69 Å². The van der Waals surface area contributed by atoms with Crippen LogP contribution >= 0.6 is 0 Å². The van der Waals surface area contributed by atoms with E-state index < -0.39 is 0 Å². The summed E-state index contributed by atoms with van der Waals surface area (Å²) in [6.45, 7) is 3.71. The maximum absolute atomic E-state index is 12.5. The maximum Gasteiger partial charge on any atom is 0.248 e. The van der Waals surface area contributed by atoms with E-state index in [0.717, 1.165) is 43.2 Å². The minimum Gasteiger partial charge on any atom is -0.497 e. The molecule has 5 nitrogen and oxygen atoms in total. The van der Waals surface area contributed by atoms with E-state index in [0.29, 0.717) is 0 Å². The van der Waals surface area contributed by atoms with Crippen molar-refractivity contribution in [3.63, 3.8) is 0 Å². The average Bonchev–Trinajstić information content (AvgIpc) is 2.71. The van der Waals surface area contributed by atoms with Gasteiger partial charge in [-0.25, -0.2) is 0 Å². The molecule has 1 aromatic carbocycles. The lowest BCUT2D eigenvalue weighted by atomic mass is 10.1. The molecule has 1 unspecified atom stereocenters. The van der Waals surface area contributed by atoms with Crippen LogP contribution in [-0.2, 0) is 4.79 Å². The molecule has 0 aromatic heterocycles. The largest absolute Gasteiger partial charge is 0.497 e. The summed E-state index contributed by atoms with van der Waals surface area (Å²) in [5.41, 5.74) is 2.06. The Labute approximate surface area is 113 Å². The molecule has 19 heavy (non-hydrogen) atoms. The highest BCUT2D eigenvalue weighted by Crippen LogP contribution is 2.40. The number of carbonyl (C=O) groups excluding carboxylic acids is 1. The monoisotopic (exact) mass is 261 g/mol. The molecule has 1 fully saturated rings. The summed E-state index contributed by atoms with van der Waals surface area (Å²) < 4.78 is 5.24. The Kier molecular flexibility index (Phi) is 3.16. The van der Waals surface area contributed by atoms with Crippen molar-refractivity contribution in [2.45, 2.75) is 6.04 Å². The van der Waals surface area contributed by atoms with Gasteiger partial charge in [-0.1, -0.05) is 6.07 Å². The Morgan fingerprint density at radius 3 is 2.74 bits per heavy atom. The second kappa shape index (κ2) is 4.83. The molecule has 1 N–H and O–H groups in total. The van der Waals surface area contributed by atoms with Crippen molar-refractivity contribution < 1.29 is 9.53 Å². The minimum atomic E-state index is -0.131. The molecule has 1 amide bonds. The van der Waals surface area contributed by atoms with Crippen LogP contribution in [0, 0.1) is 0 Å². The summed E-state index contributed by atoms with van der Waals surface area (Å²) in [4.78, 5) is 16.5. The molecule has 0 radical (unpaired) electrons. The molecule has 2 heterocycles. The summed E-state index contributed by atoms with van der Waals surface area (Å²) in [5.74, 6) is 0.949. The van der Waals surface area contributed by atoms with Crippen LogP contribution in [0.3, 0.4) is 0 Å². The molecular weight excluding hydrogens is 242 g/mol. The van der Waals surface area contributed by atoms with Gasteiger partial charge >= 0.3 is 0 Å². The number of ether oxygens (including phenoxy) is 1. The van der Waals surface area contributed by atoms with E-state index in [9.17, 15) is 4.79 Å². The molecule has 2 aliphatic heterocycles. The standard InChI is InChI=1S/C14H19N3O2/c1-16-12-9-10(19-2)3-4-11(12)13(14(16)18)17-7-5-15-6-8-17/h3-4,9,13,15H,5-8H2,1-2H3. The van der Waals surface area contributed by atoms with E-state index in [2.05, 4.69) is 10.2 Å². The molecule has 0 bridgehead atoms. The van der Waals surface area contributed by atoms with Gasteiger partial charge in [0.1, 0.15) is 11.8 Å². The molecule has 1 saturated heterocycles. The van der Waals surface area contributed by atoms with Gasteiger partial charge in [-0.15, -0.1) is 0 Å². The fourth-order valence-electron chi connectivity index (χ4n) is 2.90. The Hall–Kier alpha value is -1.59. The van der Waals surface area contributed by atoms with Crippen LogP contribution in [0.2, 0.25) is 0 Å². The predicted molar refractivity (Wildman–Crippen MR) is 73.6 cm³/mol. The first-order valence-electron chi connectivity index (χ1n) is 6.62. The predicted octanol–water partition coefficient (Wildman–Crippen LogP) is 0.618. The second-order valence-corrected chi connectivity index (χ2v) is 5.01. The summed E-state index contributed by atoms with van der Waals surface area (Å²) in [6, 6.07) is 5.76. The SMILES string of the molecule is COc1ccc2c(c1)N(C)C(=O)C2N1CCNCC1. The van der Waals surface area contributed by atoms with E-state index in [1.54, 1.807) is 12.0 Å². The Balaban J connectivity index is 1.97. The zero-order chi connectivity index (χ0) is 13.4. The first kappa shape index (κ1) is 12.4. The molecule has 2 aliphatic rings. The number of nitrogens with zero attached hydrogens (tertiary/aromatic N) is 2. The van der Waals surface area contributed by atoms with E-state index >= 15 is 0 Å². The minimum absolute atomic E-state index is 0.131. The lowest BCUT2D eigenvalue weighted by molar-refractivity contribution is -0.123. The maximum atomic E-state index is 12.5. The molecule has 5 heteroatoms. The summed E-state index contributed by atoms with van der Waals surface area (Å²) >= 11 is 0. The van der Waals surface area contributed by atoms with Crippen molar-refractivity contribution in [2.24, 2.45) is 0 Å². The molecule has 0 spiro atoms. The summed E-state index contributed by atoms with van der Waals surface area (Å²) in [6.07, 6.45) is 0. The zero-order valence-electron chi connectivity index (χ0n) is 11.3. The molecular formula is C14H19N3O2. The third-order valence-corrected chi connectivity index (χ3v) is 3.97. The molecule has 3 rings (SSSR count). The number of carbonyl (C=O) groups is 1. The van der Waals surface area contributed by atoms with Crippen molar-refractivity contribution in [1.29, 1.82) is 0 Å². The van der Waals surface area contributed by atoms with Crippen molar-refractivity contribution in [2.75, 3.05) is 45.2 Å². The molecule has 1 aromatic rings. The number of fused-ring (bicyclic) bond motifs is 1. The van der Waals surface area contributed by atoms with Gasteiger partial charge in [0.2, 0.25) is 5.91 Å². The van der Waals surface area contributed by atoms with Gasteiger partial charge < -0.3 is 15.0 Å². The number of methoxy groups -OCH3 is 1. The smallest absolute Gasteiger partial charge is 0.248 e. The van der Waals surface area contributed by atoms with Crippen LogP contribution < -0.4 is 15.0 Å². The highest BCUT2D eigenvalue weighted by molar-refractivity contribution is 6.04. The molecule has 102 valence electrons. The fourth-order valence-corrected chi connectivity index (χ4v) is 2.90. The van der Waals surface area contributed by atoms with E-state index in [1.165, 1.54) is 0 Å². The molecule has 1 atom stereocenters. The van der Waals surface area contributed by atoms with Crippen LogP contribution in [0.1, 0.15) is 11.6 Å². The topological polar surface area (TPSA) is 44.8 Å². The lowest BCUT2D eigenvalue weighted by Crippen LogP contribution is -2.47. The van der Waals surface area contributed by atoms with Crippen LogP contribution in [0.5, 0.6) is 5.75 Å². The first-order chi connectivity index (χ1) is 9.22. The third kappa shape index (κ3) is 1.99. The zero-order valence-corrected chi connectivity index (χ0v) is 11.3. The summed E-state index contributed by atoms with van der Waals surface area (Å²) in [7, 11) is 3.48. The number of benzene rings is 1. The molecule has 0 aliphatic carbocycles. The van der Waals surface area contributed by atoms with E-state index in [4.69, 9.17) is 4.74 Å². The Morgan fingerprint density at radius 1 is 1.32 bits per heavy atom. The third-order valence-electron chi connectivity index (χ3n) is 3.97. The van der Waals surface area contributed by atoms with Gasteiger partial charge in [0.05, 0.1) is 12.8 Å². The van der Waals surface area contributed by atoms with Crippen LogP contribution in [0.25, 0.3) is 0 Å². The number of amides is 1. The van der Waals surface area contributed by atoms with Gasteiger partial charge in [0.25, 0.3) is 0 Å². The number of hydrogen-bond acceptors (Lipinski definition) is 4. The number of nitrogens with one attached hydrogen (secondary N) is 1. The first-order valence-corrected chi connectivity index (χ1v) is 6.62. The average molecular weight is 261 g/mol. The van der Waals surface area contributed by atoms with Gasteiger partial charge in [-0.2, -0.15) is 0 Å².